The van der Waals surface area contributed by atoms with Crippen molar-refractivity contribution >= 4 is 33.2 Å². The van der Waals surface area contributed by atoms with Crippen molar-refractivity contribution in [1.29, 1.82) is 0 Å². The second-order valence-corrected chi connectivity index (χ2v) is 6.39. The standard InChI is InChI=1S/C11H15BrN2O2S/c1-14(7-3-4-13-6-7)11(15)9-5-8(16-2)10(12)17-9/h5,7,13H,3-4,6H2,1-2H3. The van der Waals surface area contributed by atoms with Crippen LogP contribution in [-0.4, -0.2) is 44.1 Å². The zero-order chi connectivity index (χ0) is 12.4. The minimum Gasteiger partial charge on any atom is -0.495 e. The lowest BCUT2D eigenvalue weighted by Gasteiger charge is -2.22. The Morgan fingerprint density at radius 1 is 1.71 bits per heavy atom. The average molecular weight is 319 g/mol. The van der Waals surface area contributed by atoms with Crippen LogP contribution in [0.1, 0.15) is 16.1 Å². The Kier molecular flexibility index (Phi) is 4.06. The van der Waals surface area contributed by atoms with Crippen LogP contribution >= 0.6 is 27.3 Å². The van der Waals surface area contributed by atoms with Crippen LogP contribution in [0.5, 0.6) is 5.75 Å². The van der Waals surface area contributed by atoms with Gasteiger partial charge < -0.3 is 15.0 Å². The number of thiophene rings is 1. The maximum absolute atomic E-state index is 12.2. The van der Waals surface area contributed by atoms with Gasteiger partial charge in [0.2, 0.25) is 0 Å². The summed E-state index contributed by atoms with van der Waals surface area (Å²) in [6, 6.07) is 2.09. The van der Waals surface area contributed by atoms with Gasteiger partial charge >= 0.3 is 0 Å². The lowest BCUT2D eigenvalue weighted by Crippen LogP contribution is -2.37. The second-order valence-electron chi connectivity index (χ2n) is 4.02. The molecule has 1 aromatic heterocycles. The van der Waals surface area contributed by atoms with Crippen LogP contribution in [0.25, 0.3) is 0 Å². The third kappa shape index (κ3) is 2.64. The molecule has 1 unspecified atom stereocenters. The molecule has 4 nitrogen and oxygen atoms in total. The molecular weight excluding hydrogens is 304 g/mol. The van der Waals surface area contributed by atoms with E-state index in [0.717, 1.165) is 29.0 Å². The summed E-state index contributed by atoms with van der Waals surface area (Å²) in [5.74, 6) is 0.781. The molecule has 2 heterocycles. The maximum atomic E-state index is 12.2. The van der Waals surface area contributed by atoms with Crippen LogP contribution < -0.4 is 10.1 Å². The topological polar surface area (TPSA) is 41.6 Å². The van der Waals surface area contributed by atoms with E-state index in [4.69, 9.17) is 4.74 Å². The van der Waals surface area contributed by atoms with E-state index >= 15 is 0 Å². The molecule has 6 heteroatoms. The summed E-state index contributed by atoms with van der Waals surface area (Å²) in [4.78, 5) is 14.8. The van der Waals surface area contributed by atoms with Crippen LogP contribution in [0, 0.1) is 0 Å². The van der Waals surface area contributed by atoms with E-state index in [0.29, 0.717) is 10.9 Å². The van der Waals surface area contributed by atoms with E-state index in [1.54, 1.807) is 13.2 Å². The van der Waals surface area contributed by atoms with E-state index in [1.165, 1.54) is 11.3 Å². The van der Waals surface area contributed by atoms with Crippen molar-refractivity contribution in [2.24, 2.45) is 0 Å². The number of carbonyl (C=O) groups excluding carboxylic acids is 1. The number of methoxy groups -OCH3 is 1. The fourth-order valence-electron chi connectivity index (χ4n) is 1.91. The largest absolute Gasteiger partial charge is 0.495 e. The Hall–Kier alpha value is -0.590. The van der Waals surface area contributed by atoms with E-state index in [-0.39, 0.29) is 5.91 Å². The van der Waals surface area contributed by atoms with Crippen LogP contribution in [0.3, 0.4) is 0 Å². The number of halogens is 1. The first-order valence-corrected chi connectivity index (χ1v) is 7.05. The minimum atomic E-state index is 0.0627. The molecule has 0 aliphatic carbocycles. The number of ether oxygens (including phenoxy) is 1. The maximum Gasteiger partial charge on any atom is 0.264 e. The van der Waals surface area contributed by atoms with Crippen LogP contribution in [0.15, 0.2) is 9.85 Å². The third-order valence-electron chi connectivity index (χ3n) is 2.99. The van der Waals surface area contributed by atoms with E-state index in [1.807, 2.05) is 11.9 Å². The molecule has 2 rings (SSSR count). The SMILES string of the molecule is COc1cc(C(=O)N(C)C2CCNC2)sc1Br. The quantitative estimate of drug-likeness (QED) is 0.926. The van der Waals surface area contributed by atoms with E-state index < -0.39 is 0 Å². The van der Waals surface area contributed by atoms with Crippen LogP contribution in [-0.2, 0) is 0 Å². The second kappa shape index (κ2) is 5.37. The minimum absolute atomic E-state index is 0.0627. The van der Waals surface area contributed by atoms with E-state index in [2.05, 4.69) is 21.2 Å². The summed E-state index contributed by atoms with van der Waals surface area (Å²) in [6.45, 7) is 1.87. The molecule has 17 heavy (non-hydrogen) atoms. The molecule has 0 saturated carbocycles. The molecule has 94 valence electrons. The summed E-state index contributed by atoms with van der Waals surface area (Å²) in [5, 5.41) is 3.26. The van der Waals surface area contributed by atoms with Crippen LogP contribution in [0.2, 0.25) is 0 Å². The average Bonchev–Trinajstić information content (AvgIpc) is 2.95. The smallest absolute Gasteiger partial charge is 0.264 e. The third-order valence-corrected chi connectivity index (χ3v) is 4.76. The van der Waals surface area contributed by atoms with Crippen molar-refractivity contribution in [1.82, 2.24) is 10.2 Å². The highest BCUT2D eigenvalue weighted by molar-refractivity contribution is 9.11. The Bertz CT molecular complexity index is 416. The molecule has 1 saturated heterocycles. The first-order valence-electron chi connectivity index (χ1n) is 5.44. The first kappa shape index (κ1) is 12.9. The van der Waals surface area contributed by atoms with Gasteiger partial charge in [-0.3, -0.25) is 4.79 Å². The van der Waals surface area contributed by atoms with Crippen LogP contribution in [0.4, 0.5) is 0 Å². The summed E-state index contributed by atoms with van der Waals surface area (Å²) < 4.78 is 6.02. The summed E-state index contributed by atoms with van der Waals surface area (Å²) >= 11 is 4.80. The number of amides is 1. The van der Waals surface area contributed by atoms with E-state index in [9.17, 15) is 4.79 Å². The number of likely N-dealkylation sites (N-methyl/N-ethyl adjacent to an activating group) is 1. The van der Waals surface area contributed by atoms with Gasteiger partial charge in [0, 0.05) is 25.7 Å². The van der Waals surface area contributed by atoms with Gasteiger partial charge in [0.15, 0.2) is 0 Å². The predicted molar refractivity (Wildman–Crippen MR) is 71.9 cm³/mol. The first-order chi connectivity index (χ1) is 8.13. The number of nitrogens with one attached hydrogen (secondary N) is 1. The predicted octanol–water partition coefficient (Wildman–Crippen LogP) is 1.95. The van der Waals surface area contributed by atoms with Crippen molar-refractivity contribution < 1.29 is 9.53 Å². The van der Waals surface area contributed by atoms with Crippen molar-refractivity contribution in [2.45, 2.75) is 12.5 Å². The number of nitrogens with zero attached hydrogens (tertiary/aromatic N) is 1. The molecule has 0 bridgehead atoms. The summed E-state index contributed by atoms with van der Waals surface area (Å²) in [7, 11) is 3.46. The molecular formula is C11H15BrN2O2S. The monoisotopic (exact) mass is 318 g/mol. The summed E-state index contributed by atoms with van der Waals surface area (Å²) in [5.41, 5.74) is 0. The highest BCUT2D eigenvalue weighted by atomic mass is 79.9. The van der Waals surface area contributed by atoms with Gasteiger partial charge in [-0.1, -0.05) is 0 Å². The van der Waals surface area contributed by atoms with Gasteiger partial charge in [0.05, 0.1) is 12.0 Å². The van der Waals surface area contributed by atoms with Gasteiger partial charge in [-0.25, -0.2) is 0 Å². The fourth-order valence-corrected chi connectivity index (χ4v) is 3.54. The zero-order valence-corrected chi connectivity index (χ0v) is 12.2. The Balaban J connectivity index is 2.12. The van der Waals surface area contributed by atoms with Crippen molar-refractivity contribution in [3.8, 4) is 5.75 Å². The van der Waals surface area contributed by atoms with Crippen molar-refractivity contribution in [3.05, 3.63) is 14.7 Å². The molecule has 0 aromatic carbocycles. The molecule has 1 atom stereocenters. The molecule has 1 N–H and O–H groups in total. The molecule has 1 aliphatic heterocycles. The molecule has 1 amide bonds. The van der Waals surface area contributed by atoms with Gasteiger partial charge in [-0.05, 0) is 28.9 Å². The highest BCUT2D eigenvalue weighted by Crippen LogP contribution is 2.35. The number of rotatable bonds is 3. The van der Waals surface area contributed by atoms with Gasteiger partial charge in [0.25, 0.3) is 5.91 Å². The zero-order valence-electron chi connectivity index (χ0n) is 9.83. The Morgan fingerprint density at radius 3 is 3.00 bits per heavy atom. The van der Waals surface area contributed by atoms with Gasteiger partial charge in [-0.15, -0.1) is 11.3 Å². The Labute approximate surface area is 113 Å². The number of carbonyl (C=O) groups is 1. The fraction of sp³-hybridized carbons (Fsp3) is 0.545. The highest BCUT2D eigenvalue weighted by Gasteiger charge is 2.25. The molecule has 1 aliphatic rings. The Morgan fingerprint density at radius 2 is 2.47 bits per heavy atom. The van der Waals surface area contributed by atoms with Gasteiger partial charge in [0.1, 0.15) is 9.54 Å². The van der Waals surface area contributed by atoms with Gasteiger partial charge in [-0.2, -0.15) is 0 Å². The summed E-state index contributed by atoms with van der Waals surface area (Å²) in [6.07, 6.45) is 1.02. The molecule has 1 aromatic rings. The lowest BCUT2D eigenvalue weighted by molar-refractivity contribution is 0.0748. The molecule has 1 fully saturated rings. The molecule has 0 radical (unpaired) electrons. The number of hydrogen-bond donors (Lipinski definition) is 1. The lowest BCUT2D eigenvalue weighted by atomic mass is 10.2. The number of hydrogen-bond acceptors (Lipinski definition) is 4. The van der Waals surface area contributed by atoms with Crippen molar-refractivity contribution in [3.63, 3.8) is 0 Å². The normalized spacial score (nSPS) is 19.4. The van der Waals surface area contributed by atoms with Crippen molar-refractivity contribution in [2.75, 3.05) is 27.2 Å². The molecule has 0 spiro atoms.